The van der Waals surface area contributed by atoms with Crippen molar-refractivity contribution < 1.29 is 9.59 Å². The van der Waals surface area contributed by atoms with Gasteiger partial charge in [-0.1, -0.05) is 46.4 Å². The SMILES string of the molecule is Cc1cc(/C=N/NC(=O)C(=O)Nc2ccc(Cl)c(Cl)c2)c(C)n1-c1ccc(Cl)c(Cl)c1. The van der Waals surface area contributed by atoms with E-state index in [4.69, 9.17) is 46.4 Å². The maximum Gasteiger partial charge on any atom is 0.329 e. The Balaban J connectivity index is 1.69. The second-order valence-electron chi connectivity index (χ2n) is 6.54. The number of nitrogens with one attached hydrogen (secondary N) is 2. The van der Waals surface area contributed by atoms with Gasteiger partial charge in [0.25, 0.3) is 0 Å². The highest BCUT2D eigenvalue weighted by Crippen LogP contribution is 2.27. The molecule has 3 aromatic rings. The second-order valence-corrected chi connectivity index (χ2v) is 8.17. The lowest BCUT2D eigenvalue weighted by Crippen LogP contribution is -2.32. The summed E-state index contributed by atoms with van der Waals surface area (Å²) < 4.78 is 1.97. The van der Waals surface area contributed by atoms with E-state index >= 15 is 0 Å². The summed E-state index contributed by atoms with van der Waals surface area (Å²) in [6.07, 6.45) is 1.46. The van der Waals surface area contributed by atoms with Crippen molar-refractivity contribution in [3.63, 3.8) is 0 Å². The smallest absolute Gasteiger partial charge is 0.318 e. The topological polar surface area (TPSA) is 75.5 Å². The van der Waals surface area contributed by atoms with Crippen LogP contribution in [0.4, 0.5) is 5.69 Å². The number of halogens is 4. The number of anilines is 1. The Morgan fingerprint density at radius 1 is 0.871 bits per heavy atom. The molecule has 2 N–H and O–H groups in total. The zero-order valence-corrected chi connectivity index (χ0v) is 19.4. The molecule has 0 spiro atoms. The van der Waals surface area contributed by atoms with E-state index in [1.807, 2.05) is 30.5 Å². The van der Waals surface area contributed by atoms with Crippen LogP contribution < -0.4 is 10.7 Å². The van der Waals surface area contributed by atoms with Gasteiger partial charge in [-0.3, -0.25) is 9.59 Å². The van der Waals surface area contributed by atoms with Gasteiger partial charge in [0.2, 0.25) is 0 Å². The fourth-order valence-corrected chi connectivity index (χ4v) is 3.50. The Morgan fingerprint density at radius 3 is 2.16 bits per heavy atom. The molecule has 0 aliphatic carbocycles. The molecule has 10 heteroatoms. The van der Waals surface area contributed by atoms with Crippen molar-refractivity contribution in [2.75, 3.05) is 5.32 Å². The van der Waals surface area contributed by atoms with Crippen LogP contribution in [0.1, 0.15) is 17.0 Å². The number of carbonyl (C=O) groups excluding carboxylic acids is 2. The van der Waals surface area contributed by atoms with Crippen LogP contribution in [0.15, 0.2) is 47.6 Å². The molecule has 2 aromatic carbocycles. The summed E-state index contributed by atoms with van der Waals surface area (Å²) in [5, 5.41) is 7.82. The first-order valence-corrected chi connectivity index (χ1v) is 10.4. The zero-order chi connectivity index (χ0) is 22.7. The van der Waals surface area contributed by atoms with Gasteiger partial charge in [0, 0.05) is 28.3 Å². The fourth-order valence-electron chi connectivity index (χ4n) is 2.91. The van der Waals surface area contributed by atoms with E-state index in [2.05, 4.69) is 15.8 Å². The maximum atomic E-state index is 12.0. The molecule has 0 aliphatic rings. The summed E-state index contributed by atoms with van der Waals surface area (Å²) in [6.45, 7) is 3.83. The third-order valence-corrected chi connectivity index (χ3v) is 5.86. The van der Waals surface area contributed by atoms with Gasteiger partial charge in [0.05, 0.1) is 26.3 Å². The predicted molar refractivity (Wildman–Crippen MR) is 126 cm³/mol. The fraction of sp³-hybridized carbons (Fsp3) is 0.0952. The molecule has 0 atom stereocenters. The molecule has 6 nitrogen and oxygen atoms in total. The highest BCUT2D eigenvalue weighted by atomic mass is 35.5. The minimum atomic E-state index is -0.930. The third-order valence-electron chi connectivity index (χ3n) is 4.39. The van der Waals surface area contributed by atoms with Crippen molar-refractivity contribution in [1.29, 1.82) is 0 Å². The van der Waals surface area contributed by atoms with Crippen molar-refractivity contribution in [2.45, 2.75) is 13.8 Å². The van der Waals surface area contributed by atoms with E-state index in [9.17, 15) is 9.59 Å². The number of hydrazone groups is 1. The lowest BCUT2D eigenvalue weighted by molar-refractivity contribution is -0.136. The summed E-state index contributed by atoms with van der Waals surface area (Å²) in [5.74, 6) is -1.82. The number of hydrogen-bond donors (Lipinski definition) is 2. The van der Waals surface area contributed by atoms with Gasteiger partial charge in [-0.2, -0.15) is 5.10 Å². The maximum absolute atomic E-state index is 12.0. The molecule has 1 aromatic heterocycles. The third kappa shape index (κ3) is 5.40. The molecule has 0 fully saturated rings. The molecule has 1 heterocycles. The molecule has 2 amide bonds. The van der Waals surface area contributed by atoms with Crippen LogP contribution in [0, 0.1) is 13.8 Å². The Kier molecular flexibility index (Phi) is 7.28. The molecule has 0 saturated heterocycles. The molecule has 0 aliphatic heterocycles. The van der Waals surface area contributed by atoms with Crippen LogP contribution in [-0.2, 0) is 9.59 Å². The van der Waals surface area contributed by atoms with Gasteiger partial charge in [-0.15, -0.1) is 0 Å². The number of aryl methyl sites for hydroxylation is 1. The van der Waals surface area contributed by atoms with Crippen molar-refractivity contribution >= 4 is 70.1 Å². The van der Waals surface area contributed by atoms with Crippen LogP contribution in [0.5, 0.6) is 0 Å². The Labute approximate surface area is 198 Å². The quantitative estimate of drug-likeness (QED) is 0.271. The predicted octanol–water partition coefficient (Wildman–Crippen LogP) is 5.80. The monoisotopic (exact) mass is 496 g/mol. The minimum absolute atomic E-state index is 0.259. The summed E-state index contributed by atoms with van der Waals surface area (Å²) >= 11 is 23.8. The first-order chi connectivity index (χ1) is 14.7. The second kappa shape index (κ2) is 9.75. The molecule has 0 bridgehead atoms. The minimum Gasteiger partial charge on any atom is -0.318 e. The Hall–Kier alpha value is -2.51. The van der Waals surface area contributed by atoms with Crippen molar-refractivity contribution in [3.05, 3.63) is 79.5 Å². The zero-order valence-electron chi connectivity index (χ0n) is 16.3. The van der Waals surface area contributed by atoms with E-state index in [1.165, 1.54) is 24.4 Å². The highest BCUT2D eigenvalue weighted by Gasteiger charge is 2.14. The normalized spacial score (nSPS) is 11.0. The number of amides is 2. The van der Waals surface area contributed by atoms with Gasteiger partial charge in [-0.25, -0.2) is 5.43 Å². The van der Waals surface area contributed by atoms with Crippen LogP contribution in [0.25, 0.3) is 5.69 Å². The van der Waals surface area contributed by atoms with Gasteiger partial charge < -0.3 is 9.88 Å². The summed E-state index contributed by atoms with van der Waals surface area (Å²) in [4.78, 5) is 24.0. The first-order valence-electron chi connectivity index (χ1n) is 8.91. The van der Waals surface area contributed by atoms with Crippen molar-refractivity contribution in [3.8, 4) is 5.69 Å². The largest absolute Gasteiger partial charge is 0.329 e. The summed E-state index contributed by atoms with van der Waals surface area (Å²) in [6, 6.07) is 11.7. The van der Waals surface area contributed by atoms with Crippen molar-refractivity contribution in [1.82, 2.24) is 9.99 Å². The lowest BCUT2D eigenvalue weighted by Gasteiger charge is -2.10. The van der Waals surface area contributed by atoms with E-state index in [0.29, 0.717) is 20.8 Å². The highest BCUT2D eigenvalue weighted by molar-refractivity contribution is 6.43. The molecule has 0 unspecified atom stereocenters. The first kappa shape index (κ1) is 23.2. The van der Waals surface area contributed by atoms with Crippen LogP contribution >= 0.6 is 46.4 Å². The van der Waals surface area contributed by atoms with Gasteiger partial charge >= 0.3 is 11.8 Å². The summed E-state index contributed by atoms with van der Waals surface area (Å²) in [5.41, 5.74) is 5.94. The van der Waals surface area contributed by atoms with E-state index < -0.39 is 11.8 Å². The molecular formula is C21H16Cl4N4O2. The lowest BCUT2D eigenvalue weighted by atomic mass is 10.2. The van der Waals surface area contributed by atoms with E-state index in [0.717, 1.165) is 22.6 Å². The number of aromatic nitrogens is 1. The number of nitrogens with zero attached hydrogens (tertiary/aromatic N) is 2. The Morgan fingerprint density at radius 2 is 1.52 bits per heavy atom. The van der Waals surface area contributed by atoms with Crippen LogP contribution in [0.3, 0.4) is 0 Å². The number of hydrogen-bond acceptors (Lipinski definition) is 3. The molecular weight excluding hydrogens is 482 g/mol. The van der Waals surface area contributed by atoms with Gasteiger partial charge in [-0.05, 0) is 56.3 Å². The molecule has 160 valence electrons. The van der Waals surface area contributed by atoms with E-state index in [-0.39, 0.29) is 5.02 Å². The molecule has 0 saturated carbocycles. The Bertz CT molecular complexity index is 1200. The van der Waals surface area contributed by atoms with Crippen LogP contribution in [0.2, 0.25) is 20.1 Å². The molecule has 3 rings (SSSR count). The van der Waals surface area contributed by atoms with E-state index in [1.54, 1.807) is 12.1 Å². The number of benzene rings is 2. The van der Waals surface area contributed by atoms with Crippen molar-refractivity contribution in [2.24, 2.45) is 5.10 Å². The number of rotatable bonds is 4. The number of carbonyl (C=O) groups is 2. The van der Waals surface area contributed by atoms with Crippen LogP contribution in [-0.4, -0.2) is 22.6 Å². The average molecular weight is 498 g/mol. The molecule has 31 heavy (non-hydrogen) atoms. The van der Waals surface area contributed by atoms with Gasteiger partial charge in [0.1, 0.15) is 0 Å². The average Bonchev–Trinajstić information content (AvgIpc) is 3.00. The summed E-state index contributed by atoms with van der Waals surface area (Å²) in [7, 11) is 0. The molecule has 0 radical (unpaired) electrons. The van der Waals surface area contributed by atoms with Gasteiger partial charge in [0.15, 0.2) is 0 Å². The standard InChI is InChI=1S/C21H16Cl4N4O2/c1-11-7-13(12(2)29(11)15-4-6-17(23)19(25)9-15)10-26-28-21(31)20(30)27-14-3-5-16(22)18(24)8-14/h3-10H,1-2H3,(H,27,30)(H,28,31)/b26-10+.